The predicted molar refractivity (Wildman–Crippen MR) is 125 cm³/mol. The summed E-state index contributed by atoms with van der Waals surface area (Å²) >= 11 is 13.1. The van der Waals surface area contributed by atoms with Crippen molar-refractivity contribution in [1.82, 2.24) is 20.5 Å². The molecule has 162 valence electrons. The molecular weight excluding hydrogens is 455 g/mol. The van der Waals surface area contributed by atoms with Crippen LogP contribution in [0.4, 0.5) is 0 Å². The number of hydrogen-bond donors (Lipinski definition) is 2. The van der Waals surface area contributed by atoms with E-state index in [4.69, 9.17) is 23.2 Å². The zero-order valence-corrected chi connectivity index (χ0v) is 19.2. The summed E-state index contributed by atoms with van der Waals surface area (Å²) in [6.45, 7) is 1.98. The molecule has 1 aromatic heterocycles. The summed E-state index contributed by atoms with van der Waals surface area (Å²) < 4.78 is 0. The molecule has 0 aliphatic carbocycles. The van der Waals surface area contributed by atoms with Crippen molar-refractivity contribution in [1.29, 1.82) is 0 Å². The highest BCUT2D eigenvalue weighted by Crippen LogP contribution is 2.23. The second-order valence-electron chi connectivity index (χ2n) is 7.11. The molecule has 0 bridgehead atoms. The Morgan fingerprint density at radius 2 is 1.87 bits per heavy atom. The average molecular weight is 477 g/mol. The first-order valence-corrected chi connectivity index (χ1v) is 11.5. The molecule has 3 aromatic rings. The molecule has 0 fully saturated rings. The third-order valence-corrected chi connectivity index (χ3v) is 6.16. The van der Waals surface area contributed by atoms with Crippen LogP contribution in [0.3, 0.4) is 0 Å². The van der Waals surface area contributed by atoms with E-state index in [0.29, 0.717) is 15.2 Å². The molecule has 9 heteroatoms. The van der Waals surface area contributed by atoms with Crippen LogP contribution in [-0.4, -0.2) is 32.9 Å². The number of aromatic amines is 1. The maximum absolute atomic E-state index is 12.3. The van der Waals surface area contributed by atoms with Crippen molar-refractivity contribution in [2.45, 2.75) is 37.4 Å². The Morgan fingerprint density at radius 1 is 1.10 bits per heavy atom. The van der Waals surface area contributed by atoms with Crippen molar-refractivity contribution >= 4 is 40.9 Å². The van der Waals surface area contributed by atoms with Crippen LogP contribution >= 0.6 is 35.0 Å². The van der Waals surface area contributed by atoms with Crippen molar-refractivity contribution in [3.63, 3.8) is 0 Å². The number of aromatic nitrogens is 3. The van der Waals surface area contributed by atoms with Crippen molar-refractivity contribution in [2.24, 2.45) is 0 Å². The number of nitrogens with one attached hydrogen (secondary N) is 2. The van der Waals surface area contributed by atoms with Crippen molar-refractivity contribution in [3.05, 3.63) is 85.8 Å². The van der Waals surface area contributed by atoms with Crippen LogP contribution in [0.25, 0.3) is 0 Å². The van der Waals surface area contributed by atoms with E-state index in [2.05, 4.69) is 32.6 Å². The topological polar surface area (TPSA) is 87.7 Å². The fourth-order valence-electron chi connectivity index (χ4n) is 2.92. The monoisotopic (exact) mass is 476 g/mol. The minimum absolute atomic E-state index is 0.0482. The van der Waals surface area contributed by atoms with Gasteiger partial charge in [0, 0.05) is 12.5 Å². The zero-order chi connectivity index (χ0) is 22.2. The number of thioether (sulfide) groups is 1. The minimum Gasteiger partial charge on any atom is -0.353 e. The lowest BCUT2D eigenvalue weighted by molar-refractivity contribution is -0.119. The van der Waals surface area contributed by atoms with Gasteiger partial charge in [0.1, 0.15) is 5.69 Å². The van der Waals surface area contributed by atoms with Crippen LogP contribution in [0.5, 0.6) is 0 Å². The molecule has 1 amide bonds. The fraction of sp³-hybridized carbons (Fsp3) is 0.273. The number of halogens is 2. The van der Waals surface area contributed by atoms with Gasteiger partial charge in [-0.15, -0.1) is 10.2 Å². The summed E-state index contributed by atoms with van der Waals surface area (Å²) in [5.74, 6) is 0.0278. The van der Waals surface area contributed by atoms with Gasteiger partial charge in [-0.2, -0.15) is 0 Å². The van der Waals surface area contributed by atoms with Gasteiger partial charge in [0.25, 0.3) is 5.56 Å². The molecular formula is C22H22Cl2N4O2S. The zero-order valence-electron chi connectivity index (χ0n) is 16.9. The SMILES string of the molecule is C[C@@H](CCc1ccccc1)NC(=O)CSc1nnc(Cc2ccc(Cl)c(Cl)c2)c(=O)[nH]1. The molecule has 6 nitrogen and oxygen atoms in total. The Kier molecular flexibility index (Phi) is 8.51. The number of amides is 1. The summed E-state index contributed by atoms with van der Waals surface area (Å²) in [7, 11) is 0. The molecule has 0 aliphatic heterocycles. The first-order chi connectivity index (χ1) is 14.9. The Bertz CT molecular complexity index is 1090. The van der Waals surface area contributed by atoms with Gasteiger partial charge in [-0.3, -0.25) is 14.6 Å². The molecule has 3 rings (SSSR count). The lowest BCUT2D eigenvalue weighted by Gasteiger charge is -2.13. The fourth-order valence-corrected chi connectivity index (χ4v) is 3.85. The minimum atomic E-state index is -0.347. The number of nitrogens with zero attached hydrogens (tertiary/aromatic N) is 2. The van der Waals surface area contributed by atoms with Gasteiger partial charge in [-0.25, -0.2) is 0 Å². The maximum Gasteiger partial charge on any atom is 0.273 e. The van der Waals surface area contributed by atoms with Gasteiger partial charge in [0.2, 0.25) is 5.91 Å². The van der Waals surface area contributed by atoms with E-state index >= 15 is 0 Å². The Hall–Kier alpha value is -2.35. The molecule has 31 heavy (non-hydrogen) atoms. The Balaban J connectivity index is 1.47. The summed E-state index contributed by atoms with van der Waals surface area (Å²) in [6.07, 6.45) is 2.03. The van der Waals surface area contributed by atoms with E-state index in [-0.39, 0.29) is 35.4 Å². The number of hydrogen-bond acceptors (Lipinski definition) is 5. The molecule has 0 saturated heterocycles. The van der Waals surface area contributed by atoms with Crippen molar-refractivity contribution in [3.8, 4) is 0 Å². The number of carbonyl (C=O) groups is 1. The molecule has 0 aliphatic rings. The van der Waals surface area contributed by atoms with E-state index in [1.165, 1.54) is 5.56 Å². The number of carbonyl (C=O) groups excluding carboxylic acids is 1. The van der Waals surface area contributed by atoms with Crippen molar-refractivity contribution < 1.29 is 4.79 Å². The highest BCUT2D eigenvalue weighted by atomic mass is 35.5. The van der Waals surface area contributed by atoms with E-state index in [1.807, 2.05) is 25.1 Å². The quantitative estimate of drug-likeness (QED) is 0.449. The summed E-state index contributed by atoms with van der Waals surface area (Å²) in [5.41, 5.74) is 1.96. The third kappa shape index (κ3) is 7.38. The highest BCUT2D eigenvalue weighted by Gasteiger charge is 2.11. The number of rotatable bonds is 9. The van der Waals surface area contributed by atoms with Gasteiger partial charge in [-0.1, -0.05) is 71.4 Å². The van der Waals surface area contributed by atoms with Crippen LogP contribution in [0.2, 0.25) is 10.0 Å². The van der Waals surface area contributed by atoms with Crippen LogP contribution in [0, 0.1) is 0 Å². The van der Waals surface area contributed by atoms with Gasteiger partial charge >= 0.3 is 0 Å². The largest absolute Gasteiger partial charge is 0.353 e. The summed E-state index contributed by atoms with van der Waals surface area (Å²) in [5, 5.41) is 12.2. The molecule has 2 N–H and O–H groups in total. The molecule has 0 saturated carbocycles. The second kappa shape index (κ2) is 11.3. The van der Waals surface area contributed by atoms with E-state index in [0.717, 1.165) is 30.2 Å². The molecule has 1 atom stereocenters. The number of benzene rings is 2. The van der Waals surface area contributed by atoms with Gasteiger partial charge < -0.3 is 5.32 Å². The van der Waals surface area contributed by atoms with Crippen LogP contribution in [0.1, 0.15) is 30.2 Å². The molecule has 1 heterocycles. The molecule has 0 spiro atoms. The maximum atomic E-state index is 12.3. The van der Waals surface area contributed by atoms with Gasteiger partial charge in [0.05, 0.1) is 15.8 Å². The summed E-state index contributed by atoms with van der Waals surface area (Å²) in [4.78, 5) is 27.2. The lowest BCUT2D eigenvalue weighted by Crippen LogP contribution is -2.34. The first kappa shape index (κ1) is 23.3. The third-order valence-electron chi connectivity index (χ3n) is 4.56. The van der Waals surface area contributed by atoms with Crippen molar-refractivity contribution in [2.75, 3.05) is 5.75 Å². The molecule has 0 unspecified atom stereocenters. The Labute approximate surface area is 194 Å². The van der Waals surface area contributed by atoms with E-state index in [1.54, 1.807) is 18.2 Å². The first-order valence-electron chi connectivity index (χ1n) is 9.76. The van der Waals surface area contributed by atoms with Gasteiger partial charge in [0.15, 0.2) is 5.16 Å². The standard InChI is InChI=1S/C22H22Cl2N4O2S/c1-14(7-8-15-5-3-2-4-6-15)25-20(29)13-31-22-26-21(30)19(27-28-22)12-16-9-10-17(23)18(24)11-16/h2-6,9-11,14H,7-8,12-13H2,1H3,(H,25,29)(H,26,28,30)/t14-/m0/s1. The molecule has 0 radical (unpaired) electrons. The van der Waals surface area contributed by atoms with Crippen LogP contribution in [-0.2, 0) is 17.6 Å². The lowest BCUT2D eigenvalue weighted by atomic mass is 10.1. The van der Waals surface area contributed by atoms with E-state index in [9.17, 15) is 9.59 Å². The van der Waals surface area contributed by atoms with Gasteiger partial charge in [-0.05, 0) is 43.0 Å². The highest BCUT2D eigenvalue weighted by molar-refractivity contribution is 7.99. The van der Waals surface area contributed by atoms with E-state index < -0.39 is 0 Å². The average Bonchev–Trinajstić information content (AvgIpc) is 2.76. The Morgan fingerprint density at radius 3 is 2.58 bits per heavy atom. The van der Waals surface area contributed by atoms with Crippen LogP contribution < -0.4 is 10.9 Å². The number of H-pyrrole nitrogens is 1. The normalized spacial score (nSPS) is 11.8. The predicted octanol–water partition coefficient (Wildman–Crippen LogP) is 4.29. The summed E-state index contributed by atoms with van der Waals surface area (Å²) in [6, 6.07) is 15.3. The smallest absolute Gasteiger partial charge is 0.273 e. The van der Waals surface area contributed by atoms with Crippen LogP contribution in [0.15, 0.2) is 58.5 Å². The molecule has 2 aromatic carbocycles. The second-order valence-corrected chi connectivity index (χ2v) is 8.89. The number of aryl methyl sites for hydroxylation is 1.